The summed E-state index contributed by atoms with van der Waals surface area (Å²) in [7, 11) is 1.55. The van der Waals surface area contributed by atoms with E-state index in [0.717, 1.165) is 5.69 Å². The molecule has 0 fully saturated rings. The summed E-state index contributed by atoms with van der Waals surface area (Å²) < 4.78 is 4.82. The number of anilines is 1. The summed E-state index contributed by atoms with van der Waals surface area (Å²) in [5, 5.41) is 21.4. The average Bonchev–Trinajstić information content (AvgIpc) is 2.30. The first-order chi connectivity index (χ1) is 8.17. The van der Waals surface area contributed by atoms with Gasteiger partial charge in [-0.05, 0) is 25.5 Å². The number of aliphatic hydroxyl groups is 1. The molecular weight excluding hydrogens is 218 g/mol. The predicted octanol–water partition coefficient (Wildman–Crippen LogP) is 1.07. The van der Waals surface area contributed by atoms with Crippen LogP contribution in [-0.4, -0.2) is 36.5 Å². The number of hydrogen-bond donors (Lipinski definition) is 2. The molecule has 0 aromatic carbocycles. The van der Waals surface area contributed by atoms with Crippen molar-refractivity contribution in [2.24, 2.45) is 0 Å². The van der Waals surface area contributed by atoms with Crippen molar-refractivity contribution in [2.75, 3.05) is 25.6 Å². The summed E-state index contributed by atoms with van der Waals surface area (Å²) in [6, 6.07) is 5.60. The fraction of sp³-hybridized carbons (Fsp3) is 0.500. The second-order valence-electron chi connectivity index (χ2n) is 3.79. The van der Waals surface area contributed by atoms with E-state index in [9.17, 15) is 5.11 Å². The van der Waals surface area contributed by atoms with Gasteiger partial charge < -0.3 is 15.2 Å². The van der Waals surface area contributed by atoms with E-state index in [2.05, 4.69) is 16.4 Å². The zero-order chi connectivity index (χ0) is 12.7. The Bertz CT molecular complexity index is 401. The van der Waals surface area contributed by atoms with Gasteiger partial charge in [-0.25, -0.2) is 4.98 Å². The van der Waals surface area contributed by atoms with E-state index in [1.165, 1.54) is 0 Å². The second-order valence-corrected chi connectivity index (χ2v) is 3.79. The van der Waals surface area contributed by atoms with Crippen molar-refractivity contribution < 1.29 is 9.84 Å². The predicted molar refractivity (Wildman–Crippen MR) is 64.7 cm³/mol. The molecule has 1 aromatic rings. The first-order valence-electron chi connectivity index (χ1n) is 5.46. The maximum Gasteiger partial charge on any atom is 0.144 e. The molecule has 0 aliphatic rings. The lowest BCUT2D eigenvalue weighted by Crippen LogP contribution is -2.19. The highest BCUT2D eigenvalue weighted by Crippen LogP contribution is 2.12. The SMILES string of the molecule is COCC(O)CCNc1nc(C)ccc1C#N. The third kappa shape index (κ3) is 4.39. The van der Waals surface area contributed by atoms with Crippen molar-refractivity contribution in [3.8, 4) is 6.07 Å². The number of pyridine rings is 1. The summed E-state index contributed by atoms with van der Waals surface area (Å²) in [4.78, 5) is 4.24. The van der Waals surface area contributed by atoms with Crippen LogP contribution in [0.5, 0.6) is 0 Å². The number of aryl methyl sites for hydroxylation is 1. The molecule has 0 aliphatic carbocycles. The number of hydrogen-bond acceptors (Lipinski definition) is 5. The number of rotatable bonds is 6. The Hall–Kier alpha value is -1.64. The van der Waals surface area contributed by atoms with Crippen molar-refractivity contribution in [1.82, 2.24) is 4.98 Å². The van der Waals surface area contributed by atoms with E-state index in [-0.39, 0.29) is 0 Å². The number of nitrogens with zero attached hydrogens (tertiary/aromatic N) is 2. The van der Waals surface area contributed by atoms with Gasteiger partial charge in [0.2, 0.25) is 0 Å². The van der Waals surface area contributed by atoms with Gasteiger partial charge in [0, 0.05) is 19.3 Å². The van der Waals surface area contributed by atoms with Crippen molar-refractivity contribution >= 4 is 5.82 Å². The fourth-order valence-corrected chi connectivity index (χ4v) is 1.41. The largest absolute Gasteiger partial charge is 0.391 e. The van der Waals surface area contributed by atoms with Crippen LogP contribution in [0, 0.1) is 18.3 Å². The van der Waals surface area contributed by atoms with Crippen LogP contribution in [0.1, 0.15) is 17.7 Å². The van der Waals surface area contributed by atoms with Gasteiger partial charge in [-0.15, -0.1) is 0 Å². The highest BCUT2D eigenvalue weighted by atomic mass is 16.5. The van der Waals surface area contributed by atoms with Crippen LogP contribution in [0.2, 0.25) is 0 Å². The summed E-state index contributed by atoms with van der Waals surface area (Å²) >= 11 is 0. The van der Waals surface area contributed by atoms with Crippen LogP contribution in [0.25, 0.3) is 0 Å². The second kappa shape index (κ2) is 6.84. The van der Waals surface area contributed by atoms with Crippen LogP contribution < -0.4 is 5.32 Å². The normalized spacial score (nSPS) is 11.9. The molecule has 2 N–H and O–H groups in total. The van der Waals surface area contributed by atoms with Gasteiger partial charge in [-0.3, -0.25) is 0 Å². The molecule has 0 amide bonds. The van der Waals surface area contributed by atoms with Gasteiger partial charge in [0.25, 0.3) is 0 Å². The van der Waals surface area contributed by atoms with Crippen LogP contribution in [0.15, 0.2) is 12.1 Å². The quantitative estimate of drug-likeness (QED) is 0.771. The third-order valence-corrected chi connectivity index (χ3v) is 2.28. The first kappa shape index (κ1) is 13.4. The summed E-state index contributed by atoms with van der Waals surface area (Å²) in [5.41, 5.74) is 1.36. The molecule has 92 valence electrons. The van der Waals surface area contributed by atoms with E-state index in [0.29, 0.717) is 31.0 Å². The lowest BCUT2D eigenvalue weighted by molar-refractivity contribution is 0.0615. The number of methoxy groups -OCH3 is 1. The molecule has 5 heteroatoms. The third-order valence-electron chi connectivity index (χ3n) is 2.28. The number of nitriles is 1. The molecule has 1 rings (SSSR count). The summed E-state index contributed by atoms with van der Waals surface area (Å²) in [6.45, 7) is 2.73. The van der Waals surface area contributed by atoms with Crippen LogP contribution >= 0.6 is 0 Å². The van der Waals surface area contributed by atoms with Gasteiger partial charge in [-0.2, -0.15) is 5.26 Å². The highest BCUT2D eigenvalue weighted by molar-refractivity contribution is 5.52. The number of aliphatic hydroxyl groups excluding tert-OH is 1. The van der Waals surface area contributed by atoms with Gasteiger partial charge in [0.1, 0.15) is 11.9 Å². The molecule has 0 spiro atoms. The Morgan fingerprint density at radius 3 is 3.00 bits per heavy atom. The summed E-state index contributed by atoms with van der Waals surface area (Å²) in [5.74, 6) is 0.567. The van der Waals surface area contributed by atoms with E-state index in [1.54, 1.807) is 19.2 Å². The van der Waals surface area contributed by atoms with Crippen molar-refractivity contribution in [3.05, 3.63) is 23.4 Å². The first-order valence-corrected chi connectivity index (χ1v) is 5.46. The molecule has 0 bridgehead atoms. The maximum absolute atomic E-state index is 9.46. The van der Waals surface area contributed by atoms with Gasteiger partial charge in [0.15, 0.2) is 0 Å². The molecule has 0 aliphatic heterocycles. The number of nitrogens with one attached hydrogen (secondary N) is 1. The van der Waals surface area contributed by atoms with Crippen LogP contribution in [0.3, 0.4) is 0 Å². The molecule has 1 atom stereocenters. The Labute approximate surface area is 101 Å². The van der Waals surface area contributed by atoms with E-state index < -0.39 is 6.10 Å². The Balaban J connectivity index is 2.51. The van der Waals surface area contributed by atoms with E-state index in [1.807, 2.05) is 6.92 Å². The van der Waals surface area contributed by atoms with Crippen LogP contribution in [0.4, 0.5) is 5.82 Å². The molecule has 0 radical (unpaired) electrons. The lowest BCUT2D eigenvalue weighted by Gasteiger charge is -2.11. The average molecular weight is 235 g/mol. The molecule has 1 heterocycles. The molecule has 5 nitrogen and oxygen atoms in total. The smallest absolute Gasteiger partial charge is 0.144 e. The van der Waals surface area contributed by atoms with Gasteiger partial charge in [-0.1, -0.05) is 0 Å². The minimum atomic E-state index is -0.497. The lowest BCUT2D eigenvalue weighted by atomic mass is 10.2. The Morgan fingerprint density at radius 1 is 1.59 bits per heavy atom. The fourth-order valence-electron chi connectivity index (χ4n) is 1.41. The minimum absolute atomic E-state index is 0.314. The Morgan fingerprint density at radius 2 is 2.35 bits per heavy atom. The van der Waals surface area contributed by atoms with Crippen LogP contribution in [-0.2, 0) is 4.74 Å². The standard InChI is InChI=1S/C12H17N3O2/c1-9-3-4-10(7-13)12(15-9)14-6-5-11(16)8-17-2/h3-4,11,16H,5-6,8H2,1-2H3,(H,14,15). The molecule has 1 unspecified atom stereocenters. The molecular formula is C12H17N3O2. The van der Waals surface area contributed by atoms with Crippen molar-refractivity contribution in [1.29, 1.82) is 5.26 Å². The minimum Gasteiger partial charge on any atom is -0.391 e. The molecule has 1 aromatic heterocycles. The monoisotopic (exact) mass is 235 g/mol. The van der Waals surface area contributed by atoms with Gasteiger partial charge in [0.05, 0.1) is 18.3 Å². The zero-order valence-corrected chi connectivity index (χ0v) is 10.1. The number of aromatic nitrogens is 1. The number of ether oxygens (including phenoxy) is 1. The Kier molecular flexibility index (Phi) is 5.40. The molecule has 0 saturated heterocycles. The topological polar surface area (TPSA) is 78.2 Å². The summed E-state index contributed by atoms with van der Waals surface area (Å²) in [6.07, 6.45) is 0.0526. The van der Waals surface area contributed by atoms with Crippen molar-refractivity contribution in [3.63, 3.8) is 0 Å². The molecule has 0 saturated carbocycles. The molecule has 17 heavy (non-hydrogen) atoms. The zero-order valence-electron chi connectivity index (χ0n) is 10.1. The van der Waals surface area contributed by atoms with Gasteiger partial charge >= 0.3 is 0 Å². The maximum atomic E-state index is 9.46. The van der Waals surface area contributed by atoms with Crippen molar-refractivity contribution in [2.45, 2.75) is 19.4 Å². The van der Waals surface area contributed by atoms with E-state index >= 15 is 0 Å². The van der Waals surface area contributed by atoms with E-state index in [4.69, 9.17) is 10.00 Å². The highest BCUT2D eigenvalue weighted by Gasteiger charge is 2.06.